The average molecular weight is 272 g/mol. The predicted octanol–water partition coefficient (Wildman–Crippen LogP) is 4.74. The minimum absolute atomic E-state index is 0.258. The summed E-state index contributed by atoms with van der Waals surface area (Å²) in [4.78, 5) is 0. The molecule has 4 unspecified atom stereocenters. The number of rotatable bonds is 5. The highest BCUT2D eigenvalue weighted by Crippen LogP contribution is 2.50. The molecule has 2 saturated carbocycles. The average Bonchev–Trinajstić information content (AvgIpc) is 3.00. The van der Waals surface area contributed by atoms with Gasteiger partial charge in [0.2, 0.25) is 0 Å². The molecule has 0 amide bonds. The number of hydrogen-bond donors (Lipinski definition) is 1. The van der Waals surface area contributed by atoms with E-state index in [1.807, 2.05) is 0 Å². The van der Waals surface area contributed by atoms with Crippen LogP contribution in [0.5, 0.6) is 0 Å². The van der Waals surface area contributed by atoms with Crippen molar-refractivity contribution in [2.45, 2.75) is 58.5 Å². The zero-order valence-electron chi connectivity index (χ0n) is 12.9. The molecule has 1 heteroatoms. The van der Waals surface area contributed by atoms with Gasteiger partial charge in [-0.15, -0.1) is 0 Å². The lowest BCUT2D eigenvalue weighted by molar-refractivity contribution is 0.125. The van der Waals surface area contributed by atoms with E-state index in [9.17, 15) is 5.11 Å². The van der Waals surface area contributed by atoms with Crippen molar-refractivity contribution >= 4 is 0 Å². The Hall–Kier alpha value is -0.820. The van der Waals surface area contributed by atoms with Crippen molar-refractivity contribution in [3.63, 3.8) is 0 Å². The van der Waals surface area contributed by atoms with Crippen molar-refractivity contribution in [1.82, 2.24) is 0 Å². The lowest BCUT2D eigenvalue weighted by Crippen LogP contribution is -2.14. The van der Waals surface area contributed by atoms with Gasteiger partial charge in [0.1, 0.15) is 0 Å². The molecule has 2 aliphatic rings. The highest BCUT2D eigenvalue weighted by molar-refractivity contribution is 5.25. The summed E-state index contributed by atoms with van der Waals surface area (Å²) < 4.78 is 0. The molecule has 0 radical (unpaired) electrons. The van der Waals surface area contributed by atoms with Gasteiger partial charge in [0.25, 0.3) is 0 Å². The first-order valence-corrected chi connectivity index (χ1v) is 8.38. The Labute approximate surface area is 123 Å². The Morgan fingerprint density at radius 1 is 1.20 bits per heavy atom. The van der Waals surface area contributed by atoms with E-state index in [4.69, 9.17) is 0 Å². The molecule has 0 aromatic heterocycles. The molecule has 4 atom stereocenters. The van der Waals surface area contributed by atoms with Crippen LogP contribution in [0.1, 0.15) is 63.2 Å². The Bertz CT molecular complexity index is 451. The monoisotopic (exact) mass is 272 g/mol. The molecule has 1 N–H and O–H groups in total. The molecule has 0 aliphatic heterocycles. The highest BCUT2D eigenvalue weighted by Gasteiger charge is 2.40. The van der Waals surface area contributed by atoms with Crippen LogP contribution in [0.2, 0.25) is 0 Å². The molecule has 1 nitrogen and oxygen atoms in total. The second-order valence-corrected chi connectivity index (χ2v) is 7.53. The second-order valence-electron chi connectivity index (χ2n) is 7.53. The third kappa shape index (κ3) is 3.09. The fraction of sp³-hybridized carbons (Fsp3) is 0.684. The smallest absolute Gasteiger partial charge is 0.0792 e. The van der Waals surface area contributed by atoms with Gasteiger partial charge in [-0.2, -0.15) is 0 Å². The van der Waals surface area contributed by atoms with E-state index in [1.165, 1.54) is 31.2 Å². The highest BCUT2D eigenvalue weighted by atomic mass is 16.3. The van der Waals surface area contributed by atoms with Crippen LogP contribution in [0, 0.1) is 23.7 Å². The van der Waals surface area contributed by atoms with Crippen molar-refractivity contribution in [1.29, 1.82) is 0 Å². The Balaban J connectivity index is 1.63. The van der Waals surface area contributed by atoms with Crippen LogP contribution in [-0.4, -0.2) is 5.11 Å². The van der Waals surface area contributed by atoms with Gasteiger partial charge in [-0.05, 0) is 66.9 Å². The van der Waals surface area contributed by atoms with E-state index in [1.54, 1.807) is 0 Å². The molecular formula is C19H28O. The van der Waals surface area contributed by atoms with Gasteiger partial charge >= 0.3 is 0 Å². The maximum absolute atomic E-state index is 10.6. The van der Waals surface area contributed by atoms with Crippen molar-refractivity contribution in [3.05, 3.63) is 35.4 Å². The maximum Gasteiger partial charge on any atom is 0.0792 e. The lowest BCUT2D eigenvalue weighted by Gasteiger charge is -2.24. The second kappa shape index (κ2) is 5.89. The van der Waals surface area contributed by atoms with Gasteiger partial charge < -0.3 is 5.11 Å². The lowest BCUT2D eigenvalue weighted by atomic mass is 9.83. The van der Waals surface area contributed by atoms with E-state index >= 15 is 0 Å². The molecule has 1 aromatic carbocycles. The number of aliphatic hydroxyl groups is 1. The van der Waals surface area contributed by atoms with Crippen LogP contribution in [-0.2, 0) is 6.42 Å². The number of fused-ring (bicyclic) bond motifs is 2. The van der Waals surface area contributed by atoms with Crippen LogP contribution >= 0.6 is 0 Å². The zero-order valence-corrected chi connectivity index (χ0v) is 12.9. The topological polar surface area (TPSA) is 20.2 Å². The molecule has 0 heterocycles. The number of benzene rings is 1. The van der Waals surface area contributed by atoms with Crippen molar-refractivity contribution in [2.75, 3.05) is 0 Å². The van der Waals surface area contributed by atoms with Crippen LogP contribution in [0.4, 0.5) is 0 Å². The van der Waals surface area contributed by atoms with Gasteiger partial charge in [-0.3, -0.25) is 0 Å². The van der Waals surface area contributed by atoms with Crippen molar-refractivity contribution < 1.29 is 5.11 Å². The molecule has 3 rings (SSSR count). The first-order chi connectivity index (χ1) is 9.61. The van der Waals surface area contributed by atoms with Crippen molar-refractivity contribution in [3.8, 4) is 0 Å². The van der Waals surface area contributed by atoms with E-state index in [2.05, 4.69) is 38.1 Å². The zero-order chi connectivity index (χ0) is 14.1. The summed E-state index contributed by atoms with van der Waals surface area (Å²) in [6.45, 7) is 4.50. The maximum atomic E-state index is 10.6. The largest absolute Gasteiger partial charge is 0.388 e. The minimum Gasteiger partial charge on any atom is -0.388 e. The molecule has 110 valence electrons. The van der Waals surface area contributed by atoms with E-state index < -0.39 is 0 Å². The molecular weight excluding hydrogens is 244 g/mol. The summed E-state index contributed by atoms with van der Waals surface area (Å²) in [5.74, 6) is 3.34. The van der Waals surface area contributed by atoms with Crippen LogP contribution in [0.15, 0.2) is 24.3 Å². The van der Waals surface area contributed by atoms with Gasteiger partial charge in [0.05, 0.1) is 6.10 Å². The van der Waals surface area contributed by atoms with E-state index in [0.717, 1.165) is 36.2 Å². The van der Waals surface area contributed by atoms with Gasteiger partial charge in [-0.25, -0.2) is 0 Å². The van der Waals surface area contributed by atoms with Crippen molar-refractivity contribution in [2.24, 2.45) is 23.7 Å². The first-order valence-electron chi connectivity index (χ1n) is 8.38. The molecule has 2 aliphatic carbocycles. The number of hydrogen-bond acceptors (Lipinski definition) is 1. The summed E-state index contributed by atoms with van der Waals surface area (Å²) in [7, 11) is 0. The third-order valence-electron chi connectivity index (χ3n) is 5.39. The third-order valence-corrected chi connectivity index (χ3v) is 5.39. The standard InChI is InChI=1S/C19H28O/c1-13(2)8-14-4-3-5-17(10-14)19(20)12-18-11-15-6-7-16(18)9-15/h3-5,10,13,15-16,18-20H,6-9,11-12H2,1-2H3. The van der Waals surface area contributed by atoms with E-state index in [0.29, 0.717) is 5.92 Å². The summed E-state index contributed by atoms with van der Waals surface area (Å²) in [6, 6.07) is 8.62. The van der Waals surface area contributed by atoms with Gasteiger partial charge in [0.15, 0.2) is 0 Å². The SMILES string of the molecule is CC(C)Cc1cccc(C(O)CC2CC3CCC2C3)c1. The van der Waals surface area contributed by atoms with E-state index in [-0.39, 0.29) is 6.10 Å². The summed E-state index contributed by atoms with van der Waals surface area (Å²) in [5.41, 5.74) is 2.50. The number of aliphatic hydroxyl groups excluding tert-OH is 1. The quantitative estimate of drug-likeness (QED) is 0.820. The molecule has 1 aromatic rings. The van der Waals surface area contributed by atoms with Crippen LogP contribution in [0.25, 0.3) is 0 Å². The fourth-order valence-corrected chi connectivity index (χ4v) is 4.49. The summed E-state index contributed by atoms with van der Waals surface area (Å²) in [5, 5.41) is 10.6. The first kappa shape index (κ1) is 14.1. The predicted molar refractivity (Wildman–Crippen MR) is 83.5 cm³/mol. The van der Waals surface area contributed by atoms with Gasteiger partial charge in [-0.1, -0.05) is 44.5 Å². The summed E-state index contributed by atoms with van der Waals surface area (Å²) >= 11 is 0. The Morgan fingerprint density at radius 3 is 2.70 bits per heavy atom. The molecule has 0 saturated heterocycles. The molecule has 20 heavy (non-hydrogen) atoms. The van der Waals surface area contributed by atoms with Crippen LogP contribution < -0.4 is 0 Å². The Kier molecular flexibility index (Phi) is 4.16. The fourth-order valence-electron chi connectivity index (χ4n) is 4.49. The molecule has 0 spiro atoms. The Morgan fingerprint density at radius 2 is 2.05 bits per heavy atom. The molecule has 2 fully saturated rings. The summed E-state index contributed by atoms with van der Waals surface area (Å²) in [6.07, 6.45) is 7.49. The van der Waals surface area contributed by atoms with Crippen LogP contribution in [0.3, 0.4) is 0 Å². The normalized spacial score (nSPS) is 30.1. The minimum atomic E-state index is -0.258. The molecule has 2 bridgehead atoms. The van der Waals surface area contributed by atoms with Gasteiger partial charge in [0, 0.05) is 0 Å².